The molecular weight excluding hydrogens is 168 g/mol. The number of nitrogens with zero attached hydrogens (tertiary/aromatic N) is 3. The summed E-state index contributed by atoms with van der Waals surface area (Å²) in [6, 6.07) is 0. The topological polar surface area (TPSA) is 52.0 Å². The molecule has 0 radical (unpaired) electrons. The molecule has 0 amide bonds. The smallest absolute Gasteiger partial charge is 0.0981 e. The maximum absolute atomic E-state index is 5.47. The van der Waals surface area contributed by atoms with Gasteiger partial charge in [0.1, 0.15) is 0 Å². The molecule has 0 spiro atoms. The predicted octanol–water partition coefficient (Wildman–Crippen LogP) is -0.654. The zero-order chi connectivity index (χ0) is 9.31. The summed E-state index contributed by atoms with van der Waals surface area (Å²) in [5.41, 5.74) is 1.08. The minimum atomic E-state index is -0.0323. The van der Waals surface area contributed by atoms with Crippen molar-refractivity contribution in [3.8, 4) is 0 Å². The van der Waals surface area contributed by atoms with Crippen molar-refractivity contribution in [2.45, 2.75) is 12.0 Å². The number of methoxy groups -OCH3 is 1. The third-order valence-electron chi connectivity index (χ3n) is 2.64. The van der Waals surface area contributed by atoms with E-state index in [1.165, 1.54) is 0 Å². The number of hydrogen-bond acceptors (Lipinski definition) is 4. The third kappa shape index (κ3) is 1.45. The van der Waals surface area contributed by atoms with Crippen LogP contribution in [0.25, 0.3) is 0 Å². The van der Waals surface area contributed by atoms with Crippen molar-refractivity contribution in [1.82, 2.24) is 20.3 Å². The fraction of sp³-hybridized carbons (Fsp3) is 0.750. The molecule has 1 aliphatic heterocycles. The average molecular weight is 182 g/mol. The van der Waals surface area contributed by atoms with Crippen molar-refractivity contribution in [1.29, 1.82) is 0 Å². The fourth-order valence-electron chi connectivity index (χ4n) is 1.55. The molecular formula is C8H14N4O. The van der Waals surface area contributed by atoms with Crippen LogP contribution in [0.5, 0.6) is 0 Å². The van der Waals surface area contributed by atoms with E-state index in [1.54, 1.807) is 18.0 Å². The zero-order valence-corrected chi connectivity index (χ0v) is 7.95. The lowest BCUT2D eigenvalue weighted by atomic mass is 9.91. The molecule has 0 unspecified atom stereocenters. The summed E-state index contributed by atoms with van der Waals surface area (Å²) >= 11 is 0. The van der Waals surface area contributed by atoms with Crippen molar-refractivity contribution >= 4 is 0 Å². The summed E-state index contributed by atoms with van der Waals surface area (Å²) in [6.45, 7) is 1.82. The van der Waals surface area contributed by atoms with Gasteiger partial charge in [-0.05, 0) is 0 Å². The SMILES string of the molecule is COC1(Cc2cnnn2C)CNC1. The number of ether oxygens (including phenoxy) is 1. The van der Waals surface area contributed by atoms with E-state index in [-0.39, 0.29) is 5.60 Å². The van der Waals surface area contributed by atoms with E-state index in [1.807, 2.05) is 7.05 Å². The Hall–Kier alpha value is -0.940. The first kappa shape index (κ1) is 8.65. The van der Waals surface area contributed by atoms with Crippen molar-refractivity contribution in [3.05, 3.63) is 11.9 Å². The molecule has 1 aromatic rings. The molecule has 0 saturated carbocycles. The van der Waals surface area contributed by atoms with Crippen LogP contribution in [-0.2, 0) is 18.2 Å². The van der Waals surface area contributed by atoms with Gasteiger partial charge in [0.15, 0.2) is 0 Å². The van der Waals surface area contributed by atoms with Gasteiger partial charge in [-0.1, -0.05) is 5.21 Å². The summed E-state index contributed by atoms with van der Waals surface area (Å²) in [7, 11) is 3.66. The standard InChI is InChI=1S/C8H14N4O/c1-12-7(4-10-11-12)3-8(13-2)5-9-6-8/h4,9H,3,5-6H2,1-2H3. The van der Waals surface area contributed by atoms with Crippen LogP contribution in [0, 0.1) is 0 Å². The van der Waals surface area contributed by atoms with Crippen molar-refractivity contribution in [2.75, 3.05) is 20.2 Å². The van der Waals surface area contributed by atoms with E-state index in [4.69, 9.17) is 4.74 Å². The van der Waals surface area contributed by atoms with Crippen LogP contribution in [0.15, 0.2) is 6.20 Å². The molecule has 2 rings (SSSR count). The van der Waals surface area contributed by atoms with Crippen molar-refractivity contribution < 1.29 is 4.74 Å². The minimum Gasteiger partial charge on any atom is -0.375 e. The second-order valence-corrected chi connectivity index (χ2v) is 3.52. The maximum atomic E-state index is 5.47. The molecule has 1 N–H and O–H groups in total. The fourth-order valence-corrected chi connectivity index (χ4v) is 1.55. The van der Waals surface area contributed by atoms with Crippen LogP contribution in [0.3, 0.4) is 0 Å². The van der Waals surface area contributed by atoms with Crippen LogP contribution in [0.2, 0.25) is 0 Å². The highest BCUT2D eigenvalue weighted by atomic mass is 16.5. The number of aryl methyl sites for hydroxylation is 1. The number of rotatable bonds is 3. The molecule has 13 heavy (non-hydrogen) atoms. The molecule has 1 aliphatic rings. The summed E-state index contributed by atoms with van der Waals surface area (Å²) in [5.74, 6) is 0. The van der Waals surface area contributed by atoms with E-state index >= 15 is 0 Å². The second-order valence-electron chi connectivity index (χ2n) is 3.52. The first-order chi connectivity index (χ1) is 6.26. The maximum Gasteiger partial charge on any atom is 0.0981 e. The molecule has 5 heteroatoms. The van der Waals surface area contributed by atoms with Crippen molar-refractivity contribution in [2.24, 2.45) is 7.05 Å². The van der Waals surface area contributed by atoms with Gasteiger partial charge in [0.05, 0.1) is 17.5 Å². The Kier molecular flexibility index (Phi) is 2.05. The van der Waals surface area contributed by atoms with Crippen LogP contribution < -0.4 is 5.32 Å². The molecule has 2 heterocycles. The van der Waals surface area contributed by atoms with Gasteiger partial charge in [-0.15, -0.1) is 5.10 Å². The minimum absolute atomic E-state index is 0.0323. The molecule has 1 aromatic heterocycles. The van der Waals surface area contributed by atoms with Gasteiger partial charge in [-0.3, -0.25) is 4.68 Å². The molecule has 0 aliphatic carbocycles. The highest BCUT2D eigenvalue weighted by Gasteiger charge is 2.37. The summed E-state index contributed by atoms with van der Waals surface area (Å²) in [4.78, 5) is 0. The molecule has 1 saturated heterocycles. The number of nitrogens with one attached hydrogen (secondary N) is 1. The van der Waals surface area contributed by atoms with E-state index in [0.29, 0.717) is 0 Å². The van der Waals surface area contributed by atoms with E-state index < -0.39 is 0 Å². The molecule has 72 valence electrons. The summed E-state index contributed by atoms with van der Waals surface area (Å²) < 4.78 is 7.26. The first-order valence-electron chi connectivity index (χ1n) is 4.35. The Morgan fingerprint density at radius 1 is 1.69 bits per heavy atom. The Morgan fingerprint density at radius 3 is 2.85 bits per heavy atom. The lowest BCUT2D eigenvalue weighted by molar-refractivity contribution is -0.0514. The van der Waals surface area contributed by atoms with Crippen molar-refractivity contribution in [3.63, 3.8) is 0 Å². The number of hydrogen-bond donors (Lipinski definition) is 1. The van der Waals surface area contributed by atoms with Crippen LogP contribution in [-0.4, -0.2) is 40.8 Å². The van der Waals surface area contributed by atoms with E-state index in [0.717, 1.165) is 25.2 Å². The number of aromatic nitrogens is 3. The normalized spacial score (nSPS) is 19.8. The molecule has 0 aromatic carbocycles. The first-order valence-corrected chi connectivity index (χ1v) is 4.35. The average Bonchev–Trinajstić information content (AvgIpc) is 2.44. The lowest BCUT2D eigenvalue weighted by Crippen LogP contribution is -2.62. The molecule has 5 nitrogen and oxygen atoms in total. The molecule has 1 fully saturated rings. The Balaban J connectivity index is 2.08. The quantitative estimate of drug-likeness (QED) is 0.674. The predicted molar refractivity (Wildman–Crippen MR) is 47.3 cm³/mol. The van der Waals surface area contributed by atoms with Gasteiger partial charge in [-0.25, -0.2) is 0 Å². The molecule has 0 atom stereocenters. The van der Waals surface area contributed by atoms with Gasteiger partial charge in [0.2, 0.25) is 0 Å². The van der Waals surface area contributed by atoms with Gasteiger partial charge in [-0.2, -0.15) is 0 Å². The second kappa shape index (κ2) is 3.08. The van der Waals surface area contributed by atoms with Gasteiger partial charge in [0, 0.05) is 33.7 Å². The largest absolute Gasteiger partial charge is 0.375 e. The van der Waals surface area contributed by atoms with Gasteiger partial charge in [0.25, 0.3) is 0 Å². The Morgan fingerprint density at radius 2 is 2.46 bits per heavy atom. The highest BCUT2D eigenvalue weighted by Crippen LogP contribution is 2.20. The lowest BCUT2D eigenvalue weighted by Gasteiger charge is -2.41. The monoisotopic (exact) mass is 182 g/mol. The van der Waals surface area contributed by atoms with Gasteiger partial charge < -0.3 is 10.1 Å². The van der Waals surface area contributed by atoms with E-state index in [2.05, 4.69) is 15.6 Å². The van der Waals surface area contributed by atoms with Crippen LogP contribution >= 0.6 is 0 Å². The summed E-state index contributed by atoms with van der Waals surface area (Å²) in [5, 5.41) is 10.9. The summed E-state index contributed by atoms with van der Waals surface area (Å²) in [6.07, 6.45) is 2.67. The Bertz CT molecular complexity index is 287. The van der Waals surface area contributed by atoms with Gasteiger partial charge >= 0.3 is 0 Å². The third-order valence-corrected chi connectivity index (χ3v) is 2.64. The molecule has 0 bridgehead atoms. The van der Waals surface area contributed by atoms with Crippen LogP contribution in [0.4, 0.5) is 0 Å². The highest BCUT2D eigenvalue weighted by molar-refractivity contribution is 5.06. The zero-order valence-electron chi connectivity index (χ0n) is 7.95. The Labute approximate surface area is 77.1 Å². The van der Waals surface area contributed by atoms with Crippen LogP contribution in [0.1, 0.15) is 5.69 Å². The van der Waals surface area contributed by atoms with E-state index in [9.17, 15) is 0 Å².